The Morgan fingerprint density at radius 3 is 2.58 bits per heavy atom. The van der Waals surface area contributed by atoms with Gasteiger partial charge in [0.2, 0.25) is 0 Å². The number of rotatable bonds is 5. The quantitative estimate of drug-likeness (QED) is 0.837. The highest BCUT2D eigenvalue weighted by molar-refractivity contribution is 9.10. The highest BCUT2D eigenvalue weighted by atomic mass is 79.9. The second-order valence-corrected chi connectivity index (χ2v) is 5.91. The molecule has 102 valence electrons. The number of aromatic nitrogens is 2. The highest BCUT2D eigenvalue weighted by Gasteiger charge is 2.22. The summed E-state index contributed by atoms with van der Waals surface area (Å²) in [6, 6.07) is 8.42. The molecular weight excluding hydrogens is 370 g/mol. The van der Waals surface area contributed by atoms with Crippen LogP contribution in [0.3, 0.4) is 0 Å². The third-order valence-corrected chi connectivity index (χ3v) is 4.36. The minimum Gasteiger partial charge on any atom is -0.305 e. The van der Waals surface area contributed by atoms with Crippen LogP contribution in [0.4, 0.5) is 0 Å². The van der Waals surface area contributed by atoms with Crippen LogP contribution in [-0.2, 0) is 6.54 Å². The number of aryl methyl sites for hydroxylation is 1. The molecule has 0 radical (unpaired) electrons. The Kier molecular flexibility index (Phi) is 5.19. The predicted octanol–water partition coefficient (Wildman–Crippen LogP) is 4.13. The third kappa shape index (κ3) is 3.09. The van der Waals surface area contributed by atoms with E-state index in [2.05, 4.69) is 74.3 Å². The van der Waals surface area contributed by atoms with E-state index in [1.165, 1.54) is 5.56 Å². The van der Waals surface area contributed by atoms with E-state index in [4.69, 9.17) is 0 Å². The van der Waals surface area contributed by atoms with Crippen LogP contribution in [0, 0.1) is 0 Å². The Balaban J connectivity index is 2.51. The predicted molar refractivity (Wildman–Crippen MR) is 85.3 cm³/mol. The Morgan fingerprint density at radius 2 is 1.95 bits per heavy atom. The second kappa shape index (κ2) is 6.68. The van der Waals surface area contributed by atoms with Gasteiger partial charge >= 0.3 is 0 Å². The van der Waals surface area contributed by atoms with Gasteiger partial charge in [0, 0.05) is 11.0 Å². The van der Waals surface area contributed by atoms with Crippen LogP contribution < -0.4 is 5.32 Å². The zero-order chi connectivity index (χ0) is 13.8. The van der Waals surface area contributed by atoms with Gasteiger partial charge in [0.1, 0.15) is 0 Å². The summed E-state index contributed by atoms with van der Waals surface area (Å²) in [7, 11) is 0. The monoisotopic (exact) mass is 385 g/mol. The van der Waals surface area contributed by atoms with E-state index in [1.807, 2.05) is 16.9 Å². The van der Waals surface area contributed by atoms with E-state index in [1.54, 1.807) is 0 Å². The van der Waals surface area contributed by atoms with Gasteiger partial charge in [-0.05, 0) is 41.0 Å². The van der Waals surface area contributed by atoms with E-state index in [-0.39, 0.29) is 6.04 Å². The molecule has 1 atom stereocenters. The molecule has 1 heterocycles. The van der Waals surface area contributed by atoms with Crippen molar-refractivity contribution in [2.75, 3.05) is 6.54 Å². The number of nitrogens with one attached hydrogen (secondary N) is 1. The van der Waals surface area contributed by atoms with Crippen LogP contribution in [0.15, 0.2) is 39.4 Å². The maximum absolute atomic E-state index is 4.41. The van der Waals surface area contributed by atoms with Gasteiger partial charge in [0.15, 0.2) is 0 Å². The Labute approximate surface area is 130 Å². The van der Waals surface area contributed by atoms with Crippen molar-refractivity contribution < 1.29 is 0 Å². The summed E-state index contributed by atoms with van der Waals surface area (Å²) < 4.78 is 4.17. The van der Waals surface area contributed by atoms with E-state index in [9.17, 15) is 0 Å². The summed E-state index contributed by atoms with van der Waals surface area (Å²) in [6.45, 7) is 5.97. The van der Waals surface area contributed by atoms with Gasteiger partial charge in [0.25, 0.3) is 0 Å². The molecule has 0 saturated heterocycles. The highest BCUT2D eigenvalue weighted by Crippen LogP contribution is 2.32. The molecule has 0 spiro atoms. The Hall–Kier alpha value is -0.650. The molecule has 2 aromatic rings. The first kappa shape index (κ1) is 14.8. The fourth-order valence-corrected chi connectivity index (χ4v) is 3.22. The largest absolute Gasteiger partial charge is 0.305 e. The normalized spacial score (nSPS) is 12.6. The molecule has 2 rings (SSSR count). The van der Waals surface area contributed by atoms with Crippen molar-refractivity contribution >= 4 is 31.9 Å². The summed E-state index contributed by atoms with van der Waals surface area (Å²) in [4.78, 5) is 0. The SMILES string of the molecule is CCNC(c1ccccc1Br)c1c(Br)cnn1CC. The van der Waals surface area contributed by atoms with Crippen LogP contribution in [0.5, 0.6) is 0 Å². The molecule has 0 fully saturated rings. The van der Waals surface area contributed by atoms with Crippen LogP contribution in [0.1, 0.15) is 31.1 Å². The first-order valence-corrected chi connectivity index (χ1v) is 7.96. The first-order valence-electron chi connectivity index (χ1n) is 6.38. The fourth-order valence-electron chi connectivity index (χ4n) is 2.18. The molecule has 1 unspecified atom stereocenters. The van der Waals surface area contributed by atoms with Crippen LogP contribution in [-0.4, -0.2) is 16.3 Å². The van der Waals surface area contributed by atoms with Crippen LogP contribution in [0.25, 0.3) is 0 Å². The van der Waals surface area contributed by atoms with Crippen molar-refractivity contribution in [1.29, 1.82) is 0 Å². The Morgan fingerprint density at radius 1 is 1.21 bits per heavy atom. The minimum absolute atomic E-state index is 0.123. The van der Waals surface area contributed by atoms with Crippen molar-refractivity contribution in [1.82, 2.24) is 15.1 Å². The molecule has 1 N–H and O–H groups in total. The molecule has 3 nitrogen and oxygen atoms in total. The van der Waals surface area contributed by atoms with Gasteiger partial charge < -0.3 is 5.32 Å². The zero-order valence-electron chi connectivity index (χ0n) is 11.0. The van der Waals surface area contributed by atoms with Gasteiger partial charge in [-0.2, -0.15) is 5.10 Å². The summed E-state index contributed by atoms with van der Waals surface area (Å²) in [5.74, 6) is 0. The van der Waals surface area contributed by atoms with E-state index < -0.39 is 0 Å². The lowest BCUT2D eigenvalue weighted by Crippen LogP contribution is -2.25. The van der Waals surface area contributed by atoms with Gasteiger partial charge in [-0.25, -0.2) is 0 Å². The summed E-state index contributed by atoms with van der Waals surface area (Å²) in [5, 5.41) is 7.94. The standard InChI is InChI=1S/C14H17Br2N3/c1-3-17-13(10-7-5-6-8-11(10)15)14-12(16)9-18-19(14)4-2/h5-9,13,17H,3-4H2,1-2H3. The lowest BCUT2D eigenvalue weighted by Gasteiger charge is -2.21. The maximum Gasteiger partial charge on any atom is 0.0770 e. The maximum atomic E-state index is 4.41. The molecule has 0 bridgehead atoms. The third-order valence-electron chi connectivity index (χ3n) is 3.03. The molecule has 1 aromatic heterocycles. The number of halogens is 2. The summed E-state index contributed by atoms with van der Waals surface area (Å²) in [5.41, 5.74) is 2.39. The fraction of sp³-hybridized carbons (Fsp3) is 0.357. The lowest BCUT2D eigenvalue weighted by atomic mass is 10.0. The van der Waals surface area contributed by atoms with E-state index >= 15 is 0 Å². The van der Waals surface area contributed by atoms with Gasteiger partial charge in [0.05, 0.1) is 22.4 Å². The van der Waals surface area contributed by atoms with Crippen molar-refractivity contribution in [3.63, 3.8) is 0 Å². The van der Waals surface area contributed by atoms with Gasteiger partial charge in [-0.3, -0.25) is 4.68 Å². The number of hydrogen-bond donors (Lipinski definition) is 1. The van der Waals surface area contributed by atoms with Crippen molar-refractivity contribution in [2.24, 2.45) is 0 Å². The Bertz CT molecular complexity index is 551. The topological polar surface area (TPSA) is 29.9 Å². The van der Waals surface area contributed by atoms with Crippen molar-refractivity contribution in [2.45, 2.75) is 26.4 Å². The smallest absolute Gasteiger partial charge is 0.0770 e. The summed E-state index contributed by atoms with van der Waals surface area (Å²) in [6.07, 6.45) is 1.86. The van der Waals surface area contributed by atoms with Crippen molar-refractivity contribution in [3.05, 3.63) is 50.7 Å². The lowest BCUT2D eigenvalue weighted by molar-refractivity contribution is 0.539. The van der Waals surface area contributed by atoms with Crippen LogP contribution in [0.2, 0.25) is 0 Å². The molecule has 0 saturated carbocycles. The number of nitrogens with zero attached hydrogens (tertiary/aromatic N) is 2. The molecule has 1 aromatic carbocycles. The second-order valence-electron chi connectivity index (χ2n) is 4.21. The minimum atomic E-state index is 0.123. The van der Waals surface area contributed by atoms with Crippen LogP contribution >= 0.6 is 31.9 Å². The number of benzene rings is 1. The van der Waals surface area contributed by atoms with Crippen molar-refractivity contribution in [3.8, 4) is 0 Å². The van der Waals surface area contributed by atoms with E-state index in [0.29, 0.717) is 0 Å². The van der Waals surface area contributed by atoms with E-state index in [0.717, 1.165) is 27.7 Å². The van der Waals surface area contributed by atoms with Gasteiger partial charge in [-0.15, -0.1) is 0 Å². The van der Waals surface area contributed by atoms with Gasteiger partial charge in [-0.1, -0.05) is 41.1 Å². The molecule has 0 aliphatic rings. The first-order chi connectivity index (χ1) is 9.19. The molecular formula is C14H17Br2N3. The molecule has 0 aliphatic carbocycles. The molecule has 19 heavy (non-hydrogen) atoms. The molecule has 0 amide bonds. The zero-order valence-corrected chi connectivity index (χ0v) is 14.2. The summed E-state index contributed by atoms with van der Waals surface area (Å²) >= 11 is 7.25. The molecule has 5 heteroatoms. The number of hydrogen-bond acceptors (Lipinski definition) is 2. The average molecular weight is 387 g/mol. The average Bonchev–Trinajstić information content (AvgIpc) is 2.78. The molecule has 0 aliphatic heterocycles.